The molecule has 1 aromatic carbocycles. The zero-order valence-corrected chi connectivity index (χ0v) is 17.7. The van der Waals surface area contributed by atoms with E-state index in [2.05, 4.69) is 16.0 Å². The maximum Gasteiger partial charge on any atom is 0.547 e. The average Bonchev–Trinajstić information content (AvgIpc) is 2.66. The number of para-hydroxylation sites is 1. The quantitative estimate of drug-likeness (QED) is 0.140. The second kappa shape index (κ2) is 10.9. The number of rotatable bonds is 7. The molecule has 2 atom stereocenters. The SMILES string of the molecule is C#CCCC(=O)N[C@H]1Cc2cccc(C(=O)OC(C)OC(=O)OCI)c2OB1O. The van der Waals surface area contributed by atoms with E-state index in [0.29, 0.717) is 5.56 Å². The van der Waals surface area contributed by atoms with Gasteiger partial charge in [0, 0.05) is 19.8 Å². The number of carbonyl (C=O) groups excluding carboxylic acids is 3. The zero-order chi connectivity index (χ0) is 21.4. The predicted octanol–water partition coefficient (Wildman–Crippen LogP) is 1.59. The molecule has 2 N–H and O–H groups in total. The number of terminal acetylenes is 1. The fourth-order valence-corrected chi connectivity index (χ4v) is 2.88. The van der Waals surface area contributed by atoms with E-state index in [1.54, 1.807) is 12.1 Å². The van der Waals surface area contributed by atoms with Crippen LogP contribution in [-0.4, -0.2) is 47.0 Å². The topological polar surface area (TPSA) is 120 Å². The van der Waals surface area contributed by atoms with Gasteiger partial charge in [-0.3, -0.25) is 4.79 Å². The van der Waals surface area contributed by atoms with Crippen molar-refractivity contribution in [2.24, 2.45) is 0 Å². The molecule has 1 aliphatic rings. The van der Waals surface area contributed by atoms with Crippen LogP contribution in [0.2, 0.25) is 0 Å². The van der Waals surface area contributed by atoms with Crippen molar-refractivity contribution in [3.63, 3.8) is 0 Å². The summed E-state index contributed by atoms with van der Waals surface area (Å²) in [6.07, 6.45) is 3.65. The van der Waals surface area contributed by atoms with Crippen LogP contribution in [0.3, 0.4) is 0 Å². The summed E-state index contributed by atoms with van der Waals surface area (Å²) in [4.78, 5) is 35.6. The van der Waals surface area contributed by atoms with Gasteiger partial charge in [-0.25, -0.2) is 9.59 Å². The summed E-state index contributed by atoms with van der Waals surface area (Å²) in [6, 6.07) is 4.77. The molecule has 11 heteroatoms. The standard InChI is InChI=1S/C18H19BINO8/c1-3-4-8-15(22)21-14-9-12-6-5-7-13(16(12)29-19(14)25)17(23)27-11(2)28-18(24)26-10-20/h1,5-7,11,14,25H,4,8-10H2,2H3,(H,21,22)/t11?,14-/m0/s1. The highest BCUT2D eigenvalue weighted by molar-refractivity contribution is 14.1. The minimum atomic E-state index is -1.36. The van der Waals surface area contributed by atoms with Crippen LogP contribution in [0.5, 0.6) is 5.75 Å². The van der Waals surface area contributed by atoms with E-state index in [0.717, 1.165) is 0 Å². The lowest BCUT2D eigenvalue weighted by atomic mass is 9.72. The van der Waals surface area contributed by atoms with Crippen LogP contribution in [0.15, 0.2) is 18.2 Å². The lowest BCUT2D eigenvalue weighted by Gasteiger charge is -2.29. The number of esters is 1. The molecule has 154 valence electrons. The Kier molecular flexibility index (Phi) is 8.59. The van der Waals surface area contributed by atoms with Gasteiger partial charge in [-0.1, -0.05) is 12.1 Å². The Bertz CT molecular complexity index is 812. The normalized spacial score (nSPS) is 15.8. The smallest absolute Gasteiger partial charge is 0.534 e. The van der Waals surface area contributed by atoms with Crippen molar-refractivity contribution in [3.8, 4) is 18.1 Å². The molecule has 0 fully saturated rings. The van der Waals surface area contributed by atoms with Gasteiger partial charge in [0.2, 0.25) is 12.2 Å². The maximum absolute atomic E-state index is 12.4. The summed E-state index contributed by atoms with van der Waals surface area (Å²) in [7, 11) is -1.36. The molecule has 0 radical (unpaired) electrons. The minimum absolute atomic E-state index is 0.0522. The second-order valence-electron chi connectivity index (χ2n) is 5.98. The summed E-state index contributed by atoms with van der Waals surface area (Å²) in [5, 5.41) is 12.9. The van der Waals surface area contributed by atoms with E-state index in [4.69, 9.17) is 20.6 Å². The molecular weight excluding hydrogens is 496 g/mol. The molecule has 2 rings (SSSR count). The van der Waals surface area contributed by atoms with E-state index in [1.807, 2.05) is 22.6 Å². The van der Waals surface area contributed by atoms with Crippen LogP contribution in [0, 0.1) is 12.3 Å². The third-order valence-corrected chi connectivity index (χ3v) is 4.20. The van der Waals surface area contributed by atoms with E-state index in [-0.39, 0.29) is 41.1 Å². The summed E-state index contributed by atoms with van der Waals surface area (Å²) in [6.45, 7) is 1.36. The molecular formula is C18H19BINO8. The molecule has 9 nitrogen and oxygen atoms in total. The fourth-order valence-electron chi connectivity index (χ4n) is 2.63. The number of alkyl halides is 1. The Balaban J connectivity index is 2.06. The zero-order valence-electron chi connectivity index (χ0n) is 15.6. The number of ether oxygens (including phenoxy) is 3. The van der Waals surface area contributed by atoms with Crippen LogP contribution >= 0.6 is 22.6 Å². The predicted molar refractivity (Wildman–Crippen MR) is 110 cm³/mol. The number of benzene rings is 1. The van der Waals surface area contributed by atoms with E-state index < -0.39 is 31.5 Å². The largest absolute Gasteiger partial charge is 0.547 e. The van der Waals surface area contributed by atoms with Crippen LogP contribution < -0.4 is 9.97 Å². The van der Waals surface area contributed by atoms with Gasteiger partial charge >= 0.3 is 19.2 Å². The number of nitrogens with one attached hydrogen (secondary N) is 1. The summed E-state index contributed by atoms with van der Waals surface area (Å²) >= 11 is 1.82. The Labute approximate surface area is 181 Å². The number of hydrogen-bond acceptors (Lipinski definition) is 8. The van der Waals surface area contributed by atoms with Gasteiger partial charge in [-0.15, -0.1) is 12.3 Å². The van der Waals surface area contributed by atoms with Gasteiger partial charge in [0.1, 0.15) is 15.9 Å². The third-order valence-electron chi connectivity index (χ3n) is 3.89. The monoisotopic (exact) mass is 515 g/mol. The molecule has 0 saturated heterocycles. The molecule has 1 aliphatic heterocycles. The van der Waals surface area contributed by atoms with E-state index in [9.17, 15) is 19.4 Å². The lowest BCUT2D eigenvalue weighted by Crippen LogP contribution is -2.53. The van der Waals surface area contributed by atoms with Gasteiger partial charge < -0.3 is 29.2 Å². The van der Waals surface area contributed by atoms with E-state index in [1.165, 1.54) is 13.0 Å². The Hall–Kier alpha value is -2.46. The number of amides is 1. The fraction of sp³-hybridized carbons (Fsp3) is 0.389. The summed E-state index contributed by atoms with van der Waals surface area (Å²) < 4.78 is 20.0. The van der Waals surface area contributed by atoms with E-state index >= 15 is 0 Å². The number of carbonyl (C=O) groups is 3. The Morgan fingerprint density at radius 1 is 1.45 bits per heavy atom. The van der Waals surface area contributed by atoms with Crippen molar-refractivity contribution in [1.29, 1.82) is 0 Å². The molecule has 0 aliphatic carbocycles. The Morgan fingerprint density at radius 2 is 2.21 bits per heavy atom. The van der Waals surface area contributed by atoms with Gasteiger partial charge in [0.05, 0.1) is 5.94 Å². The molecule has 29 heavy (non-hydrogen) atoms. The van der Waals surface area contributed by atoms with Gasteiger partial charge in [-0.05, 0) is 40.6 Å². The van der Waals surface area contributed by atoms with Crippen LogP contribution in [0.1, 0.15) is 35.7 Å². The van der Waals surface area contributed by atoms with Crippen LogP contribution in [0.4, 0.5) is 4.79 Å². The molecule has 1 heterocycles. The summed E-state index contributed by atoms with van der Waals surface area (Å²) in [5.74, 6) is 0.709. The van der Waals surface area contributed by atoms with Crippen LogP contribution in [0.25, 0.3) is 0 Å². The number of halogens is 1. The second-order valence-corrected chi connectivity index (χ2v) is 6.60. The van der Waals surface area contributed by atoms with Crippen molar-refractivity contribution >= 4 is 47.7 Å². The molecule has 1 amide bonds. The maximum atomic E-state index is 12.4. The minimum Gasteiger partial charge on any atom is -0.534 e. The molecule has 1 unspecified atom stereocenters. The highest BCUT2D eigenvalue weighted by atomic mass is 127. The highest BCUT2D eigenvalue weighted by Crippen LogP contribution is 2.31. The first-order chi connectivity index (χ1) is 13.8. The first-order valence-electron chi connectivity index (χ1n) is 8.65. The number of fused-ring (bicyclic) bond motifs is 1. The summed E-state index contributed by atoms with van der Waals surface area (Å²) in [5.41, 5.74) is 0.654. The first-order valence-corrected chi connectivity index (χ1v) is 10.2. The van der Waals surface area contributed by atoms with Crippen LogP contribution in [-0.2, 0) is 25.4 Å². The number of hydrogen-bond donors (Lipinski definition) is 2. The lowest BCUT2D eigenvalue weighted by molar-refractivity contribution is -0.121. The molecule has 0 aromatic heterocycles. The van der Waals surface area contributed by atoms with Crippen molar-refractivity contribution < 1.29 is 38.3 Å². The molecule has 0 saturated carbocycles. The molecule has 0 spiro atoms. The van der Waals surface area contributed by atoms with Gasteiger partial charge in [0.15, 0.2) is 0 Å². The van der Waals surface area contributed by atoms with Crippen molar-refractivity contribution in [2.45, 2.75) is 38.4 Å². The van der Waals surface area contributed by atoms with Crippen molar-refractivity contribution in [2.75, 3.05) is 4.61 Å². The van der Waals surface area contributed by atoms with Crippen molar-refractivity contribution in [1.82, 2.24) is 5.32 Å². The Morgan fingerprint density at radius 3 is 2.90 bits per heavy atom. The van der Waals surface area contributed by atoms with Gasteiger partial charge in [0.25, 0.3) is 0 Å². The third kappa shape index (κ3) is 6.54. The highest BCUT2D eigenvalue weighted by Gasteiger charge is 2.38. The average molecular weight is 515 g/mol. The first kappa shape index (κ1) is 22.8. The molecule has 1 aromatic rings. The molecule has 0 bridgehead atoms. The van der Waals surface area contributed by atoms with Gasteiger partial charge in [-0.2, -0.15) is 0 Å². The van der Waals surface area contributed by atoms with Crippen molar-refractivity contribution in [3.05, 3.63) is 29.3 Å².